The maximum absolute atomic E-state index is 12.9. The number of carboxylic acid groups (broad SMARTS) is 1. The van der Waals surface area contributed by atoms with Crippen LogP contribution in [0.15, 0.2) is 36.4 Å². The number of nitrogens with zero attached hydrogens (tertiary/aromatic N) is 3. The predicted octanol–water partition coefficient (Wildman–Crippen LogP) is 6.18. The zero-order chi connectivity index (χ0) is 30.8. The van der Waals surface area contributed by atoms with Crippen molar-refractivity contribution in [2.75, 3.05) is 49.1 Å². The van der Waals surface area contributed by atoms with E-state index in [4.69, 9.17) is 32.7 Å². The van der Waals surface area contributed by atoms with Crippen LogP contribution in [0.3, 0.4) is 0 Å². The summed E-state index contributed by atoms with van der Waals surface area (Å²) in [5, 5.41) is 11.0. The van der Waals surface area contributed by atoms with Gasteiger partial charge in [0.2, 0.25) is 5.91 Å². The molecule has 1 saturated heterocycles. The molecule has 1 N–H and O–H groups in total. The van der Waals surface area contributed by atoms with Crippen molar-refractivity contribution in [3.05, 3.63) is 52.0 Å². The smallest absolute Gasteiger partial charge is 0.367 e. The molecule has 0 aromatic heterocycles. The van der Waals surface area contributed by atoms with Crippen molar-refractivity contribution in [3.8, 4) is 5.75 Å². The zero-order valence-electron chi connectivity index (χ0n) is 24.7. The number of hydrogen-bond donors (Lipinski definition) is 1. The van der Waals surface area contributed by atoms with Crippen LogP contribution >= 0.6 is 23.2 Å². The number of carboxylic acids is 1. The molecule has 2 heterocycles. The van der Waals surface area contributed by atoms with E-state index >= 15 is 0 Å². The van der Waals surface area contributed by atoms with Crippen LogP contribution in [0.1, 0.15) is 63.9 Å². The summed E-state index contributed by atoms with van der Waals surface area (Å²) < 4.78 is 11.3. The Morgan fingerprint density at radius 2 is 1.74 bits per heavy atom. The molecule has 0 radical (unpaired) electrons. The number of ether oxygens (including phenoxy) is 2. The van der Waals surface area contributed by atoms with Crippen LogP contribution in [0, 0.1) is 0 Å². The molecular weight excluding hydrogens is 593 g/mol. The van der Waals surface area contributed by atoms with E-state index < -0.39 is 24.1 Å². The lowest BCUT2D eigenvalue weighted by Gasteiger charge is -2.36. The standard InChI is InChI=1S/C32H41Cl2N3O6/c1-2-3-4-5-11-29(39)43-31(32(40)41)37-27-22-24(14-12-23(27)13-15-28(37)38)42-21-7-6-16-35-17-19-36(20-18-35)26-10-8-9-25(33)30(26)34/h8-10,12,14,22,31H,2-7,11,13,15-21H2,1H3,(H,40,41). The monoisotopic (exact) mass is 633 g/mol. The maximum atomic E-state index is 12.9. The van der Waals surface area contributed by atoms with Crippen molar-refractivity contribution in [1.82, 2.24) is 4.90 Å². The Balaban J connectivity index is 1.26. The van der Waals surface area contributed by atoms with E-state index in [9.17, 15) is 19.5 Å². The Kier molecular flexibility index (Phi) is 12.4. The van der Waals surface area contributed by atoms with Crippen molar-refractivity contribution >= 4 is 52.4 Å². The number of carbonyl (C=O) groups excluding carboxylic acids is 2. The summed E-state index contributed by atoms with van der Waals surface area (Å²) in [6.45, 7) is 7.15. The third kappa shape index (κ3) is 9.00. The number of piperazine rings is 1. The lowest BCUT2D eigenvalue weighted by Crippen LogP contribution is -2.50. The molecule has 234 valence electrons. The SMILES string of the molecule is CCCCCCC(=O)OC(C(=O)O)N1C(=O)CCc2ccc(OCCCCN3CCN(c4cccc(Cl)c4Cl)CC3)cc21. The number of unbranched alkanes of at least 4 members (excludes halogenated alkanes) is 4. The number of amides is 1. The van der Waals surface area contributed by atoms with Crippen LogP contribution in [0.2, 0.25) is 10.0 Å². The molecule has 2 aromatic rings. The topological polar surface area (TPSA) is 99.6 Å². The summed E-state index contributed by atoms with van der Waals surface area (Å²) in [7, 11) is 0. The minimum absolute atomic E-state index is 0.119. The Morgan fingerprint density at radius 1 is 0.953 bits per heavy atom. The van der Waals surface area contributed by atoms with Crippen molar-refractivity contribution in [3.63, 3.8) is 0 Å². The molecule has 1 amide bonds. The molecule has 1 fully saturated rings. The molecule has 2 aliphatic rings. The van der Waals surface area contributed by atoms with Crippen LogP contribution in [-0.4, -0.2) is 73.4 Å². The summed E-state index contributed by atoms with van der Waals surface area (Å²) in [6, 6.07) is 11.1. The van der Waals surface area contributed by atoms with Crippen LogP contribution in [-0.2, 0) is 25.5 Å². The van der Waals surface area contributed by atoms with Gasteiger partial charge in [-0.2, -0.15) is 0 Å². The molecule has 4 rings (SSSR count). The van der Waals surface area contributed by atoms with E-state index in [0.717, 1.165) is 81.0 Å². The second-order valence-corrected chi connectivity index (χ2v) is 11.8. The summed E-state index contributed by atoms with van der Waals surface area (Å²) in [5.74, 6) is -1.86. The molecule has 2 aliphatic heterocycles. The normalized spacial score (nSPS) is 16.1. The minimum atomic E-state index is -1.71. The fourth-order valence-corrected chi connectivity index (χ4v) is 5.91. The van der Waals surface area contributed by atoms with Crippen LogP contribution in [0.5, 0.6) is 5.75 Å². The van der Waals surface area contributed by atoms with E-state index in [1.54, 1.807) is 12.1 Å². The zero-order valence-corrected chi connectivity index (χ0v) is 26.2. The number of hydrogen-bond acceptors (Lipinski definition) is 7. The van der Waals surface area contributed by atoms with Crippen molar-refractivity contribution in [2.24, 2.45) is 0 Å². The van der Waals surface area contributed by atoms with E-state index in [1.165, 1.54) is 0 Å². The van der Waals surface area contributed by atoms with Crippen LogP contribution in [0.4, 0.5) is 11.4 Å². The van der Waals surface area contributed by atoms with E-state index in [0.29, 0.717) is 40.9 Å². The highest BCUT2D eigenvalue weighted by Gasteiger charge is 2.37. The fraction of sp³-hybridized carbons (Fsp3) is 0.531. The number of halogens is 2. The maximum Gasteiger partial charge on any atom is 0.367 e. The molecule has 11 heteroatoms. The molecule has 0 aliphatic carbocycles. The van der Waals surface area contributed by atoms with Gasteiger partial charge in [0.05, 0.1) is 28.0 Å². The Labute approximate surface area is 263 Å². The lowest BCUT2D eigenvalue weighted by atomic mass is 10.0. The molecule has 2 aromatic carbocycles. The highest BCUT2D eigenvalue weighted by molar-refractivity contribution is 6.43. The lowest BCUT2D eigenvalue weighted by molar-refractivity contribution is -0.165. The fourth-order valence-electron chi connectivity index (χ4n) is 5.49. The highest BCUT2D eigenvalue weighted by Crippen LogP contribution is 2.34. The van der Waals surface area contributed by atoms with Gasteiger partial charge in [-0.15, -0.1) is 0 Å². The second kappa shape index (κ2) is 16.2. The summed E-state index contributed by atoms with van der Waals surface area (Å²) in [6.07, 6.45) is 4.34. The Morgan fingerprint density at radius 3 is 2.49 bits per heavy atom. The van der Waals surface area contributed by atoms with Gasteiger partial charge in [-0.3, -0.25) is 19.4 Å². The molecule has 43 heavy (non-hydrogen) atoms. The quantitative estimate of drug-likeness (QED) is 0.183. The van der Waals surface area contributed by atoms with Crippen LogP contribution in [0.25, 0.3) is 0 Å². The first kappa shape index (κ1) is 32.9. The van der Waals surface area contributed by atoms with Crippen molar-refractivity contribution in [2.45, 2.75) is 70.9 Å². The largest absolute Gasteiger partial charge is 0.494 e. The van der Waals surface area contributed by atoms with Gasteiger partial charge in [0.25, 0.3) is 6.23 Å². The number of anilines is 2. The third-order valence-corrected chi connectivity index (χ3v) is 8.71. The van der Waals surface area contributed by atoms with Gasteiger partial charge in [0.15, 0.2) is 0 Å². The van der Waals surface area contributed by atoms with E-state index in [-0.39, 0.29) is 12.8 Å². The number of carbonyl (C=O) groups is 3. The number of aryl methyl sites for hydroxylation is 1. The minimum Gasteiger partial charge on any atom is -0.494 e. The van der Waals surface area contributed by atoms with Gasteiger partial charge in [-0.1, -0.05) is 61.5 Å². The summed E-state index contributed by atoms with van der Waals surface area (Å²) >= 11 is 12.6. The van der Waals surface area contributed by atoms with E-state index in [2.05, 4.69) is 16.7 Å². The van der Waals surface area contributed by atoms with Gasteiger partial charge in [0, 0.05) is 45.1 Å². The molecule has 0 spiro atoms. The van der Waals surface area contributed by atoms with Gasteiger partial charge >= 0.3 is 11.9 Å². The number of esters is 1. The van der Waals surface area contributed by atoms with Gasteiger partial charge in [-0.25, -0.2) is 4.79 Å². The predicted molar refractivity (Wildman–Crippen MR) is 168 cm³/mol. The van der Waals surface area contributed by atoms with Crippen LogP contribution < -0.4 is 14.5 Å². The Bertz CT molecular complexity index is 1270. The molecule has 1 unspecified atom stereocenters. The number of rotatable bonds is 15. The molecule has 9 nitrogen and oxygen atoms in total. The molecule has 1 atom stereocenters. The highest BCUT2D eigenvalue weighted by atomic mass is 35.5. The molecule has 0 bridgehead atoms. The number of aliphatic carboxylic acids is 1. The molecule has 0 saturated carbocycles. The first-order valence-corrected chi connectivity index (χ1v) is 16.0. The number of fused-ring (bicyclic) bond motifs is 1. The third-order valence-electron chi connectivity index (χ3n) is 7.90. The van der Waals surface area contributed by atoms with Crippen molar-refractivity contribution < 1.29 is 29.0 Å². The van der Waals surface area contributed by atoms with Gasteiger partial charge < -0.3 is 19.5 Å². The number of benzene rings is 2. The Hall–Kier alpha value is -3.01. The summed E-state index contributed by atoms with van der Waals surface area (Å²) in [4.78, 5) is 43.2. The first-order valence-electron chi connectivity index (χ1n) is 15.2. The summed E-state index contributed by atoms with van der Waals surface area (Å²) in [5.41, 5.74) is 2.20. The van der Waals surface area contributed by atoms with Gasteiger partial charge in [0.1, 0.15) is 5.75 Å². The first-order chi connectivity index (χ1) is 20.8. The average molecular weight is 635 g/mol. The van der Waals surface area contributed by atoms with E-state index in [1.807, 2.05) is 24.3 Å². The van der Waals surface area contributed by atoms with Crippen molar-refractivity contribution in [1.29, 1.82) is 0 Å². The molecular formula is C32H41Cl2N3O6. The second-order valence-electron chi connectivity index (χ2n) is 11.0. The average Bonchev–Trinajstić information content (AvgIpc) is 3.00. The van der Waals surface area contributed by atoms with Gasteiger partial charge in [-0.05, 0) is 56.0 Å².